The number of ether oxygens (including phenoxy) is 2. The standard InChI is InChI=1S/C21H22ClNO4/c1-3-4-13-27-18-11-7-16(8-12-18)20(24)23-19(21(25)26-2)14-15-5-9-17(22)10-6-15/h5-12,14H,3-4,13H2,1-2H3,(H,23,24). The lowest BCUT2D eigenvalue weighted by Crippen LogP contribution is -2.28. The maximum atomic E-state index is 12.5. The van der Waals surface area contributed by atoms with Crippen molar-refractivity contribution < 1.29 is 19.1 Å². The number of nitrogens with one attached hydrogen (secondary N) is 1. The van der Waals surface area contributed by atoms with Gasteiger partial charge in [0.1, 0.15) is 11.4 Å². The number of unbranched alkanes of at least 4 members (excludes halogenated alkanes) is 1. The molecule has 0 saturated heterocycles. The number of benzene rings is 2. The Balaban J connectivity index is 2.11. The number of halogens is 1. The molecule has 6 heteroatoms. The molecule has 0 bridgehead atoms. The van der Waals surface area contributed by atoms with Crippen LogP contribution < -0.4 is 10.1 Å². The van der Waals surface area contributed by atoms with Gasteiger partial charge in [-0.05, 0) is 54.5 Å². The Morgan fingerprint density at radius 2 is 1.74 bits per heavy atom. The van der Waals surface area contributed by atoms with Crippen LogP contribution in [0.25, 0.3) is 6.08 Å². The van der Waals surface area contributed by atoms with Gasteiger partial charge in [0.15, 0.2) is 0 Å². The molecule has 2 rings (SSSR count). The van der Waals surface area contributed by atoms with Gasteiger partial charge in [0, 0.05) is 10.6 Å². The lowest BCUT2D eigenvalue weighted by atomic mass is 10.1. The fourth-order valence-corrected chi connectivity index (χ4v) is 2.34. The van der Waals surface area contributed by atoms with Crippen LogP contribution in [0.1, 0.15) is 35.7 Å². The summed E-state index contributed by atoms with van der Waals surface area (Å²) in [5.74, 6) is -0.358. The average molecular weight is 388 g/mol. The summed E-state index contributed by atoms with van der Waals surface area (Å²) in [5.41, 5.74) is 1.15. The Morgan fingerprint density at radius 3 is 2.33 bits per heavy atom. The van der Waals surface area contributed by atoms with E-state index in [1.54, 1.807) is 48.5 Å². The molecule has 0 aromatic heterocycles. The van der Waals surface area contributed by atoms with E-state index >= 15 is 0 Å². The van der Waals surface area contributed by atoms with Gasteiger partial charge in [-0.1, -0.05) is 37.1 Å². The van der Waals surface area contributed by atoms with E-state index in [2.05, 4.69) is 12.2 Å². The third-order valence-corrected chi connectivity index (χ3v) is 3.97. The van der Waals surface area contributed by atoms with Gasteiger partial charge in [0.05, 0.1) is 13.7 Å². The molecular weight excluding hydrogens is 366 g/mol. The van der Waals surface area contributed by atoms with Gasteiger partial charge in [-0.3, -0.25) is 4.79 Å². The molecule has 27 heavy (non-hydrogen) atoms. The highest BCUT2D eigenvalue weighted by molar-refractivity contribution is 6.30. The van der Waals surface area contributed by atoms with Crippen LogP contribution in [0, 0.1) is 0 Å². The number of amides is 1. The number of rotatable bonds is 8. The second-order valence-corrected chi connectivity index (χ2v) is 6.22. The first-order valence-corrected chi connectivity index (χ1v) is 9.01. The molecule has 0 atom stereocenters. The van der Waals surface area contributed by atoms with Crippen molar-refractivity contribution in [3.8, 4) is 5.75 Å². The number of hydrogen-bond acceptors (Lipinski definition) is 4. The van der Waals surface area contributed by atoms with E-state index in [9.17, 15) is 9.59 Å². The van der Waals surface area contributed by atoms with Gasteiger partial charge < -0.3 is 14.8 Å². The fraction of sp³-hybridized carbons (Fsp3) is 0.238. The van der Waals surface area contributed by atoms with Crippen molar-refractivity contribution in [1.82, 2.24) is 5.32 Å². The molecule has 0 heterocycles. The molecule has 1 N–H and O–H groups in total. The Hall–Kier alpha value is -2.79. The summed E-state index contributed by atoms with van der Waals surface area (Å²) in [5, 5.41) is 3.17. The highest BCUT2D eigenvalue weighted by Crippen LogP contribution is 2.15. The Labute approximate surface area is 163 Å². The number of hydrogen-bond donors (Lipinski definition) is 1. The molecule has 1 amide bonds. The van der Waals surface area contributed by atoms with Crippen molar-refractivity contribution in [2.75, 3.05) is 13.7 Å². The second-order valence-electron chi connectivity index (χ2n) is 5.78. The summed E-state index contributed by atoms with van der Waals surface area (Å²) < 4.78 is 10.3. The minimum absolute atomic E-state index is 0.0353. The summed E-state index contributed by atoms with van der Waals surface area (Å²) >= 11 is 5.86. The molecule has 0 spiro atoms. The molecule has 0 radical (unpaired) electrons. The molecule has 0 aliphatic heterocycles. The van der Waals surface area contributed by atoms with E-state index in [0.717, 1.165) is 12.8 Å². The topological polar surface area (TPSA) is 64.6 Å². The van der Waals surface area contributed by atoms with Crippen molar-refractivity contribution in [2.24, 2.45) is 0 Å². The molecule has 0 aliphatic rings. The van der Waals surface area contributed by atoms with Gasteiger partial charge in [-0.15, -0.1) is 0 Å². The molecule has 5 nitrogen and oxygen atoms in total. The van der Waals surface area contributed by atoms with Crippen LogP contribution in [0.3, 0.4) is 0 Å². The molecular formula is C21H22ClNO4. The Morgan fingerprint density at radius 1 is 1.07 bits per heavy atom. The van der Waals surface area contributed by atoms with E-state index in [1.165, 1.54) is 13.2 Å². The number of carbonyl (C=O) groups is 2. The van der Waals surface area contributed by atoms with E-state index in [0.29, 0.717) is 28.5 Å². The average Bonchev–Trinajstić information content (AvgIpc) is 2.69. The zero-order valence-electron chi connectivity index (χ0n) is 15.3. The van der Waals surface area contributed by atoms with Crippen LogP contribution in [0.2, 0.25) is 5.02 Å². The zero-order valence-corrected chi connectivity index (χ0v) is 16.1. The molecule has 0 saturated carbocycles. The van der Waals surface area contributed by atoms with Crippen LogP contribution in [0.4, 0.5) is 0 Å². The third-order valence-electron chi connectivity index (χ3n) is 3.72. The molecule has 2 aromatic rings. The van der Waals surface area contributed by atoms with E-state index in [4.69, 9.17) is 21.1 Å². The molecule has 2 aromatic carbocycles. The summed E-state index contributed by atoms with van der Waals surface area (Å²) in [6.45, 7) is 2.73. The molecule has 0 unspecified atom stereocenters. The summed E-state index contributed by atoms with van der Waals surface area (Å²) in [6.07, 6.45) is 3.55. The number of esters is 1. The Bertz CT molecular complexity index is 798. The highest BCUT2D eigenvalue weighted by atomic mass is 35.5. The lowest BCUT2D eigenvalue weighted by Gasteiger charge is -2.10. The molecule has 142 valence electrons. The summed E-state index contributed by atoms with van der Waals surface area (Å²) in [6, 6.07) is 13.6. The van der Waals surface area contributed by atoms with Crippen molar-refractivity contribution in [1.29, 1.82) is 0 Å². The van der Waals surface area contributed by atoms with Crippen LogP contribution in [-0.2, 0) is 9.53 Å². The van der Waals surface area contributed by atoms with Gasteiger partial charge in [0.25, 0.3) is 5.91 Å². The summed E-state index contributed by atoms with van der Waals surface area (Å²) in [7, 11) is 1.26. The third kappa shape index (κ3) is 6.46. The number of carbonyl (C=O) groups excluding carboxylic acids is 2. The minimum atomic E-state index is -0.641. The van der Waals surface area contributed by atoms with E-state index in [-0.39, 0.29) is 5.70 Å². The quantitative estimate of drug-likeness (QED) is 0.412. The van der Waals surface area contributed by atoms with Crippen molar-refractivity contribution >= 4 is 29.6 Å². The SMILES string of the molecule is CCCCOc1ccc(C(=O)NC(=Cc2ccc(Cl)cc2)C(=O)OC)cc1. The first-order valence-electron chi connectivity index (χ1n) is 8.63. The monoisotopic (exact) mass is 387 g/mol. The molecule has 0 fully saturated rings. The number of methoxy groups -OCH3 is 1. The minimum Gasteiger partial charge on any atom is -0.494 e. The van der Waals surface area contributed by atoms with E-state index < -0.39 is 11.9 Å². The van der Waals surface area contributed by atoms with Crippen LogP contribution in [0.5, 0.6) is 5.75 Å². The predicted molar refractivity (Wildman–Crippen MR) is 106 cm³/mol. The highest BCUT2D eigenvalue weighted by Gasteiger charge is 2.15. The van der Waals surface area contributed by atoms with Crippen LogP contribution >= 0.6 is 11.6 Å². The maximum absolute atomic E-state index is 12.5. The second kappa shape index (κ2) is 10.4. The van der Waals surface area contributed by atoms with E-state index in [1.807, 2.05) is 0 Å². The van der Waals surface area contributed by atoms with Crippen molar-refractivity contribution in [3.63, 3.8) is 0 Å². The van der Waals surface area contributed by atoms with Crippen LogP contribution in [-0.4, -0.2) is 25.6 Å². The largest absolute Gasteiger partial charge is 0.494 e. The predicted octanol–water partition coefficient (Wildman–Crippen LogP) is 4.46. The van der Waals surface area contributed by atoms with Crippen molar-refractivity contribution in [3.05, 3.63) is 70.4 Å². The van der Waals surface area contributed by atoms with Gasteiger partial charge >= 0.3 is 5.97 Å². The van der Waals surface area contributed by atoms with Gasteiger partial charge in [-0.2, -0.15) is 0 Å². The van der Waals surface area contributed by atoms with Crippen molar-refractivity contribution in [2.45, 2.75) is 19.8 Å². The van der Waals surface area contributed by atoms with Gasteiger partial charge in [-0.25, -0.2) is 4.79 Å². The van der Waals surface area contributed by atoms with Gasteiger partial charge in [0.2, 0.25) is 0 Å². The fourth-order valence-electron chi connectivity index (χ4n) is 2.21. The normalized spacial score (nSPS) is 11.0. The molecule has 0 aliphatic carbocycles. The smallest absolute Gasteiger partial charge is 0.354 e. The Kier molecular flexibility index (Phi) is 7.89. The van der Waals surface area contributed by atoms with Crippen LogP contribution in [0.15, 0.2) is 54.2 Å². The summed E-state index contributed by atoms with van der Waals surface area (Å²) in [4.78, 5) is 24.5. The first kappa shape index (κ1) is 20.5. The lowest BCUT2D eigenvalue weighted by molar-refractivity contribution is -0.136. The maximum Gasteiger partial charge on any atom is 0.354 e. The zero-order chi connectivity index (χ0) is 19.6. The first-order chi connectivity index (χ1) is 13.0.